The SMILES string of the molecule is Cc1cc(OC2CC2)ccc1N1C(=O)Nc2c(C(=O)N[C@@H]3CCCNC3)sc3nccc1c23. The topological polar surface area (TPSA) is 95.6 Å². The number of rotatable bonds is 5. The number of aryl methyl sites for hydroxylation is 1. The monoisotopic (exact) mass is 463 g/mol. The minimum absolute atomic E-state index is 0.0888. The average molecular weight is 464 g/mol. The van der Waals surface area contributed by atoms with Gasteiger partial charge in [-0.1, -0.05) is 0 Å². The number of benzene rings is 1. The van der Waals surface area contributed by atoms with Gasteiger partial charge in [0.1, 0.15) is 15.5 Å². The molecule has 2 aliphatic heterocycles. The van der Waals surface area contributed by atoms with Crippen molar-refractivity contribution < 1.29 is 14.3 Å². The molecule has 1 saturated carbocycles. The molecule has 1 aliphatic carbocycles. The summed E-state index contributed by atoms with van der Waals surface area (Å²) in [6.07, 6.45) is 6.18. The van der Waals surface area contributed by atoms with Crippen molar-refractivity contribution in [3.05, 3.63) is 40.9 Å². The number of carbonyl (C=O) groups excluding carboxylic acids is 2. The van der Waals surface area contributed by atoms with E-state index in [0.717, 1.165) is 71.7 Å². The molecule has 1 saturated heterocycles. The van der Waals surface area contributed by atoms with Crippen LogP contribution < -0.4 is 25.6 Å². The molecule has 1 atom stereocenters. The van der Waals surface area contributed by atoms with E-state index in [2.05, 4.69) is 20.9 Å². The number of ether oxygens (including phenoxy) is 1. The van der Waals surface area contributed by atoms with Crippen molar-refractivity contribution in [1.82, 2.24) is 15.6 Å². The third-order valence-corrected chi connectivity index (χ3v) is 7.42. The lowest BCUT2D eigenvalue weighted by Gasteiger charge is -2.30. The first-order valence-electron chi connectivity index (χ1n) is 11.4. The lowest BCUT2D eigenvalue weighted by Crippen LogP contribution is -2.45. The summed E-state index contributed by atoms with van der Waals surface area (Å²) in [7, 11) is 0. The van der Waals surface area contributed by atoms with E-state index in [1.165, 1.54) is 11.3 Å². The van der Waals surface area contributed by atoms with E-state index in [-0.39, 0.29) is 18.0 Å². The van der Waals surface area contributed by atoms with Crippen LogP contribution in [0, 0.1) is 6.92 Å². The molecule has 0 radical (unpaired) electrons. The molecule has 0 unspecified atom stereocenters. The van der Waals surface area contributed by atoms with Gasteiger partial charge in [0, 0.05) is 18.8 Å². The van der Waals surface area contributed by atoms with Crippen LogP contribution in [0.2, 0.25) is 0 Å². The van der Waals surface area contributed by atoms with Crippen molar-refractivity contribution in [2.45, 2.75) is 44.8 Å². The Labute approximate surface area is 195 Å². The van der Waals surface area contributed by atoms with Gasteiger partial charge in [0.2, 0.25) is 0 Å². The Morgan fingerprint density at radius 2 is 2.12 bits per heavy atom. The third-order valence-electron chi connectivity index (χ3n) is 6.32. The molecule has 6 rings (SSSR count). The molecule has 3 N–H and O–H groups in total. The minimum atomic E-state index is -0.291. The van der Waals surface area contributed by atoms with E-state index in [1.54, 1.807) is 11.1 Å². The Morgan fingerprint density at radius 3 is 2.88 bits per heavy atom. The predicted octanol–water partition coefficient (Wildman–Crippen LogP) is 4.31. The van der Waals surface area contributed by atoms with Gasteiger partial charge in [-0.15, -0.1) is 11.3 Å². The molecule has 33 heavy (non-hydrogen) atoms. The molecule has 3 aliphatic rings. The number of thiophene rings is 1. The maximum atomic E-state index is 13.3. The quantitative estimate of drug-likeness (QED) is 0.524. The van der Waals surface area contributed by atoms with Gasteiger partial charge < -0.3 is 20.7 Å². The van der Waals surface area contributed by atoms with Gasteiger partial charge in [-0.25, -0.2) is 9.78 Å². The summed E-state index contributed by atoms with van der Waals surface area (Å²) in [5, 5.41) is 10.2. The first-order valence-corrected chi connectivity index (χ1v) is 12.2. The van der Waals surface area contributed by atoms with Crippen molar-refractivity contribution >= 4 is 50.6 Å². The van der Waals surface area contributed by atoms with Crippen LogP contribution in [-0.2, 0) is 0 Å². The fraction of sp³-hybridized carbons (Fsp3) is 0.375. The standard InChI is InChI=1S/C24H25N5O3S/c1-13-11-16(32-15-4-5-15)6-7-17(13)29-18-8-10-26-23-19(18)20(28-24(29)31)21(33-23)22(30)27-14-3-2-9-25-12-14/h6-8,10-11,14-15,25H,2-5,9,12H2,1H3,(H,27,30)(H,28,31)/t14-/m1/s1. The number of anilines is 3. The highest BCUT2D eigenvalue weighted by Crippen LogP contribution is 2.46. The number of aromatic nitrogens is 1. The van der Waals surface area contributed by atoms with E-state index in [4.69, 9.17) is 4.74 Å². The molecule has 0 spiro atoms. The molecule has 0 bridgehead atoms. The fourth-order valence-electron chi connectivity index (χ4n) is 4.54. The maximum absolute atomic E-state index is 13.3. The highest BCUT2D eigenvalue weighted by atomic mass is 32.1. The third kappa shape index (κ3) is 3.71. The second-order valence-corrected chi connectivity index (χ2v) is 9.86. The lowest BCUT2D eigenvalue weighted by atomic mass is 10.1. The van der Waals surface area contributed by atoms with E-state index in [1.807, 2.05) is 31.2 Å². The summed E-state index contributed by atoms with van der Waals surface area (Å²) in [5.74, 6) is 0.655. The van der Waals surface area contributed by atoms with Crippen LogP contribution in [-0.4, -0.2) is 42.2 Å². The van der Waals surface area contributed by atoms with Crippen LogP contribution in [0.3, 0.4) is 0 Å². The largest absolute Gasteiger partial charge is 0.490 e. The number of urea groups is 1. The van der Waals surface area contributed by atoms with Crippen molar-refractivity contribution in [2.75, 3.05) is 23.3 Å². The minimum Gasteiger partial charge on any atom is -0.490 e. The molecule has 4 heterocycles. The summed E-state index contributed by atoms with van der Waals surface area (Å²) < 4.78 is 5.90. The van der Waals surface area contributed by atoms with Gasteiger partial charge in [0.15, 0.2) is 0 Å². The molecule has 170 valence electrons. The van der Waals surface area contributed by atoms with Crippen molar-refractivity contribution in [2.24, 2.45) is 0 Å². The Morgan fingerprint density at radius 1 is 1.24 bits per heavy atom. The van der Waals surface area contributed by atoms with Crippen LogP contribution in [0.4, 0.5) is 21.9 Å². The Bertz CT molecular complexity index is 1260. The van der Waals surface area contributed by atoms with Gasteiger partial charge in [-0.3, -0.25) is 9.69 Å². The highest BCUT2D eigenvalue weighted by Gasteiger charge is 2.34. The molecule has 8 nitrogen and oxygen atoms in total. The number of hydrogen-bond donors (Lipinski definition) is 3. The van der Waals surface area contributed by atoms with E-state index in [9.17, 15) is 9.59 Å². The van der Waals surface area contributed by atoms with E-state index in [0.29, 0.717) is 16.7 Å². The first kappa shape index (κ1) is 20.4. The van der Waals surface area contributed by atoms with Gasteiger partial charge in [0.05, 0.1) is 28.6 Å². The first-order chi connectivity index (χ1) is 16.1. The molecule has 9 heteroatoms. The number of pyridine rings is 1. The molecule has 3 aromatic rings. The Kier molecular flexibility index (Phi) is 4.95. The molecule has 2 fully saturated rings. The molecule has 1 aromatic carbocycles. The number of carbonyl (C=O) groups is 2. The second kappa shape index (κ2) is 8.00. The summed E-state index contributed by atoms with van der Waals surface area (Å²) >= 11 is 1.31. The molecular weight excluding hydrogens is 438 g/mol. The normalized spacial score (nSPS) is 20.0. The predicted molar refractivity (Wildman–Crippen MR) is 129 cm³/mol. The highest BCUT2D eigenvalue weighted by molar-refractivity contribution is 7.21. The Balaban J connectivity index is 1.37. The van der Waals surface area contributed by atoms with Crippen LogP contribution >= 0.6 is 11.3 Å². The summed E-state index contributed by atoms with van der Waals surface area (Å²) in [6, 6.07) is 7.43. The van der Waals surface area contributed by atoms with Gasteiger partial charge in [0.25, 0.3) is 5.91 Å². The zero-order chi connectivity index (χ0) is 22.5. The Hall–Kier alpha value is -3.17. The lowest BCUT2D eigenvalue weighted by molar-refractivity contribution is 0.0935. The summed E-state index contributed by atoms with van der Waals surface area (Å²) in [4.78, 5) is 33.8. The average Bonchev–Trinajstić information content (AvgIpc) is 3.55. The van der Waals surface area contributed by atoms with E-state index < -0.39 is 0 Å². The van der Waals surface area contributed by atoms with Crippen LogP contribution in [0.25, 0.3) is 10.2 Å². The maximum Gasteiger partial charge on any atom is 0.331 e. The summed E-state index contributed by atoms with van der Waals surface area (Å²) in [5.41, 5.74) is 2.99. The smallest absolute Gasteiger partial charge is 0.331 e. The van der Waals surface area contributed by atoms with Gasteiger partial charge in [-0.05, 0) is 69.0 Å². The number of piperidine rings is 1. The van der Waals surface area contributed by atoms with Gasteiger partial charge >= 0.3 is 6.03 Å². The zero-order valence-electron chi connectivity index (χ0n) is 18.3. The molecule has 3 amide bonds. The summed E-state index contributed by atoms with van der Waals surface area (Å²) in [6.45, 7) is 3.71. The zero-order valence-corrected chi connectivity index (χ0v) is 19.1. The van der Waals surface area contributed by atoms with Crippen LogP contribution in [0.15, 0.2) is 30.5 Å². The van der Waals surface area contributed by atoms with Crippen molar-refractivity contribution in [1.29, 1.82) is 0 Å². The van der Waals surface area contributed by atoms with Crippen molar-refractivity contribution in [3.63, 3.8) is 0 Å². The number of nitrogens with zero attached hydrogens (tertiary/aromatic N) is 2. The van der Waals surface area contributed by atoms with Crippen LogP contribution in [0.5, 0.6) is 5.75 Å². The second-order valence-electron chi connectivity index (χ2n) is 8.86. The molecular formula is C24H25N5O3S. The number of nitrogens with one attached hydrogen (secondary N) is 3. The van der Waals surface area contributed by atoms with Crippen molar-refractivity contribution in [3.8, 4) is 5.75 Å². The number of amides is 3. The van der Waals surface area contributed by atoms with Gasteiger partial charge in [-0.2, -0.15) is 0 Å². The molecule has 2 aromatic heterocycles. The van der Waals surface area contributed by atoms with E-state index >= 15 is 0 Å². The fourth-order valence-corrected chi connectivity index (χ4v) is 5.56. The van der Waals surface area contributed by atoms with Crippen LogP contribution in [0.1, 0.15) is 40.9 Å². The number of hydrogen-bond acceptors (Lipinski definition) is 6.